The Morgan fingerprint density at radius 3 is 2.82 bits per heavy atom. The molecule has 0 amide bonds. The highest BCUT2D eigenvalue weighted by Gasteiger charge is 2.22. The van der Waals surface area contributed by atoms with Gasteiger partial charge in [-0.25, -0.2) is 0 Å². The van der Waals surface area contributed by atoms with Gasteiger partial charge in [0.2, 0.25) is 0 Å². The Kier molecular flexibility index (Phi) is 2.35. The molecule has 0 saturated carbocycles. The molecule has 0 aromatic heterocycles. The van der Waals surface area contributed by atoms with Crippen molar-refractivity contribution in [2.24, 2.45) is 5.92 Å². The minimum atomic E-state index is -0.801. The number of allylic oxidation sites excluding steroid dienone is 3. The van der Waals surface area contributed by atoms with Gasteiger partial charge in [-0.1, -0.05) is 23.3 Å². The summed E-state index contributed by atoms with van der Waals surface area (Å²) in [6.45, 7) is 1.80. The van der Waals surface area contributed by atoms with E-state index in [1.807, 2.05) is 0 Å². The van der Waals surface area contributed by atoms with Crippen LogP contribution in [0.1, 0.15) is 13.3 Å². The monoisotopic (exact) mass is 172 g/mol. The van der Waals surface area contributed by atoms with Crippen molar-refractivity contribution >= 4 is 17.6 Å². The molecule has 0 fully saturated rings. The number of carboxylic acid groups (broad SMARTS) is 1. The first-order valence-electron chi connectivity index (χ1n) is 3.37. The lowest BCUT2D eigenvalue weighted by Gasteiger charge is -2.15. The summed E-state index contributed by atoms with van der Waals surface area (Å²) in [7, 11) is 0. The average Bonchev–Trinajstić information content (AvgIpc) is 1.94. The van der Waals surface area contributed by atoms with E-state index in [1.165, 1.54) is 0 Å². The van der Waals surface area contributed by atoms with E-state index in [0.29, 0.717) is 11.5 Å². The Labute approximate surface area is 70.2 Å². The Morgan fingerprint density at radius 1 is 1.73 bits per heavy atom. The van der Waals surface area contributed by atoms with E-state index in [2.05, 4.69) is 0 Å². The lowest BCUT2D eigenvalue weighted by Crippen LogP contribution is -2.16. The summed E-state index contributed by atoms with van der Waals surface area (Å²) in [4.78, 5) is 10.6. The molecule has 3 heteroatoms. The normalized spacial score (nSPS) is 24.0. The molecular weight excluding hydrogens is 164 g/mol. The summed E-state index contributed by atoms with van der Waals surface area (Å²) in [6, 6.07) is 0. The lowest BCUT2D eigenvalue weighted by atomic mass is 9.93. The Bertz CT molecular complexity index is 240. The molecule has 11 heavy (non-hydrogen) atoms. The molecule has 1 aliphatic carbocycles. The van der Waals surface area contributed by atoms with Gasteiger partial charge >= 0.3 is 5.97 Å². The summed E-state index contributed by atoms with van der Waals surface area (Å²) in [6.07, 6.45) is 3.93. The molecule has 0 aromatic carbocycles. The summed E-state index contributed by atoms with van der Waals surface area (Å²) in [5.41, 5.74) is 0.863. The number of carboxylic acids is 1. The minimum absolute atomic E-state index is 0.424. The van der Waals surface area contributed by atoms with Crippen molar-refractivity contribution in [2.75, 3.05) is 0 Å². The predicted molar refractivity (Wildman–Crippen MR) is 43.4 cm³/mol. The fourth-order valence-electron chi connectivity index (χ4n) is 1.04. The van der Waals surface area contributed by atoms with Crippen molar-refractivity contribution in [3.8, 4) is 0 Å². The molecule has 0 bridgehead atoms. The van der Waals surface area contributed by atoms with Crippen molar-refractivity contribution in [2.45, 2.75) is 13.3 Å². The van der Waals surface area contributed by atoms with Crippen LogP contribution in [0.3, 0.4) is 0 Å². The molecule has 1 atom stereocenters. The average molecular weight is 173 g/mol. The maximum absolute atomic E-state index is 10.6. The SMILES string of the molecule is CC1=CC=C(Cl)CC1C(=O)O. The summed E-state index contributed by atoms with van der Waals surface area (Å²) in [5, 5.41) is 9.31. The lowest BCUT2D eigenvalue weighted by molar-refractivity contribution is -0.140. The third-order valence-electron chi connectivity index (χ3n) is 1.77. The summed E-state index contributed by atoms with van der Waals surface area (Å²) in [5.74, 6) is -1.22. The molecule has 1 aliphatic rings. The number of rotatable bonds is 1. The van der Waals surface area contributed by atoms with Gasteiger partial charge in [0, 0.05) is 11.5 Å². The van der Waals surface area contributed by atoms with Crippen molar-refractivity contribution < 1.29 is 9.90 Å². The van der Waals surface area contributed by atoms with Crippen molar-refractivity contribution in [3.05, 3.63) is 22.8 Å². The summed E-state index contributed by atoms with van der Waals surface area (Å²) < 4.78 is 0. The first-order valence-corrected chi connectivity index (χ1v) is 3.74. The van der Waals surface area contributed by atoms with Gasteiger partial charge in [0.05, 0.1) is 5.92 Å². The topological polar surface area (TPSA) is 37.3 Å². The fourth-order valence-corrected chi connectivity index (χ4v) is 1.26. The zero-order valence-electron chi connectivity index (χ0n) is 6.17. The van der Waals surface area contributed by atoms with E-state index in [0.717, 1.165) is 5.57 Å². The van der Waals surface area contributed by atoms with Gasteiger partial charge in [-0.3, -0.25) is 4.79 Å². The first-order chi connectivity index (χ1) is 5.11. The fraction of sp³-hybridized carbons (Fsp3) is 0.375. The third-order valence-corrected chi connectivity index (χ3v) is 2.05. The van der Waals surface area contributed by atoms with Gasteiger partial charge in [0.25, 0.3) is 0 Å². The van der Waals surface area contributed by atoms with Crippen LogP contribution < -0.4 is 0 Å². The summed E-state index contributed by atoms with van der Waals surface area (Å²) >= 11 is 5.67. The Balaban J connectivity index is 2.81. The van der Waals surface area contributed by atoms with Gasteiger partial charge in [0.1, 0.15) is 0 Å². The number of aliphatic carboxylic acids is 1. The molecule has 2 nitrogen and oxygen atoms in total. The van der Waals surface area contributed by atoms with Crippen LogP contribution in [-0.2, 0) is 4.79 Å². The molecule has 0 saturated heterocycles. The van der Waals surface area contributed by atoms with Crippen LogP contribution in [0.2, 0.25) is 0 Å². The van der Waals surface area contributed by atoms with Gasteiger partial charge < -0.3 is 5.11 Å². The molecule has 0 aliphatic heterocycles. The quantitative estimate of drug-likeness (QED) is 0.658. The molecule has 1 unspecified atom stereocenters. The number of halogens is 1. The van der Waals surface area contributed by atoms with Crippen LogP contribution in [0, 0.1) is 5.92 Å². The molecule has 1 rings (SSSR count). The number of hydrogen-bond donors (Lipinski definition) is 1. The van der Waals surface area contributed by atoms with Crippen LogP contribution in [0.4, 0.5) is 0 Å². The smallest absolute Gasteiger partial charge is 0.311 e. The van der Waals surface area contributed by atoms with Gasteiger partial charge in [-0.15, -0.1) is 0 Å². The molecule has 1 N–H and O–H groups in total. The highest BCUT2D eigenvalue weighted by molar-refractivity contribution is 6.30. The third kappa shape index (κ3) is 1.84. The minimum Gasteiger partial charge on any atom is -0.481 e. The highest BCUT2D eigenvalue weighted by Crippen LogP contribution is 2.26. The van der Waals surface area contributed by atoms with Gasteiger partial charge in [0.15, 0.2) is 0 Å². The molecule has 60 valence electrons. The first kappa shape index (κ1) is 8.34. The van der Waals surface area contributed by atoms with Crippen molar-refractivity contribution in [3.63, 3.8) is 0 Å². The predicted octanol–water partition coefficient (Wildman–Crippen LogP) is 2.16. The molecule has 0 heterocycles. The Morgan fingerprint density at radius 2 is 2.36 bits per heavy atom. The van der Waals surface area contributed by atoms with E-state index in [1.54, 1.807) is 19.1 Å². The molecule has 0 spiro atoms. The van der Waals surface area contributed by atoms with Crippen LogP contribution in [0.25, 0.3) is 0 Å². The molecule has 0 radical (unpaired) electrons. The highest BCUT2D eigenvalue weighted by atomic mass is 35.5. The maximum atomic E-state index is 10.6. The standard InChI is InChI=1S/C8H9ClO2/c1-5-2-3-6(9)4-7(5)8(10)11/h2-3,7H,4H2,1H3,(H,10,11). The van der Waals surface area contributed by atoms with E-state index < -0.39 is 11.9 Å². The number of hydrogen-bond acceptors (Lipinski definition) is 1. The van der Waals surface area contributed by atoms with Crippen molar-refractivity contribution in [1.82, 2.24) is 0 Å². The van der Waals surface area contributed by atoms with Crippen molar-refractivity contribution in [1.29, 1.82) is 0 Å². The maximum Gasteiger partial charge on any atom is 0.311 e. The zero-order chi connectivity index (χ0) is 8.43. The molecule has 0 aromatic rings. The van der Waals surface area contributed by atoms with E-state index in [4.69, 9.17) is 16.7 Å². The van der Waals surface area contributed by atoms with Crippen LogP contribution in [0.15, 0.2) is 22.8 Å². The van der Waals surface area contributed by atoms with E-state index >= 15 is 0 Å². The molecular formula is C8H9ClO2. The second-order valence-electron chi connectivity index (χ2n) is 2.62. The van der Waals surface area contributed by atoms with E-state index in [9.17, 15) is 4.79 Å². The second-order valence-corrected chi connectivity index (χ2v) is 3.10. The van der Waals surface area contributed by atoms with Crippen LogP contribution in [-0.4, -0.2) is 11.1 Å². The van der Waals surface area contributed by atoms with Crippen LogP contribution >= 0.6 is 11.6 Å². The van der Waals surface area contributed by atoms with E-state index in [-0.39, 0.29) is 0 Å². The van der Waals surface area contributed by atoms with Gasteiger partial charge in [-0.05, 0) is 13.0 Å². The van der Waals surface area contributed by atoms with Crippen LogP contribution in [0.5, 0.6) is 0 Å². The Hall–Kier alpha value is -0.760. The zero-order valence-corrected chi connectivity index (χ0v) is 6.93. The number of carbonyl (C=O) groups is 1. The largest absolute Gasteiger partial charge is 0.481 e. The van der Waals surface area contributed by atoms with Gasteiger partial charge in [-0.2, -0.15) is 0 Å². The second kappa shape index (κ2) is 3.09.